The van der Waals surface area contributed by atoms with Crippen LogP contribution in [0.3, 0.4) is 0 Å². The highest BCUT2D eigenvalue weighted by molar-refractivity contribution is 7.07. The number of hydrogen-bond donors (Lipinski definition) is 0. The summed E-state index contributed by atoms with van der Waals surface area (Å²) in [5, 5.41) is 4.37. The Morgan fingerprint density at radius 1 is 1.29 bits per heavy atom. The summed E-state index contributed by atoms with van der Waals surface area (Å²) in [5.41, 5.74) is 1.39. The van der Waals surface area contributed by atoms with Crippen LogP contribution in [0.2, 0.25) is 0 Å². The summed E-state index contributed by atoms with van der Waals surface area (Å²) >= 11 is 1.75. The average molecular weight is 346 g/mol. The number of likely N-dealkylation sites (tertiary alicyclic amines) is 1. The van der Waals surface area contributed by atoms with Crippen molar-refractivity contribution in [3.8, 4) is 12.3 Å². The first-order valence-corrected chi connectivity index (χ1v) is 9.84. The Morgan fingerprint density at radius 2 is 2.00 bits per heavy atom. The number of thiophene rings is 1. The predicted octanol–water partition coefficient (Wildman–Crippen LogP) is 2.30. The van der Waals surface area contributed by atoms with Gasteiger partial charge >= 0.3 is 0 Å². The summed E-state index contributed by atoms with van der Waals surface area (Å²) in [6.07, 6.45) is 7.27. The molecule has 3 rings (SSSR count). The van der Waals surface area contributed by atoms with Gasteiger partial charge in [0.25, 0.3) is 0 Å². The van der Waals surface area contributed by atoms with Gasteiger partial charge in [-0.3, -0.25) is 14.6 Å². The van der Waals surface area contributed by atoms with E-state index >= 15 is 0 Å². The van der Waals surface area contributed by atoms with Crippen LogP contribution in [0, 0.1) is 18.3 Å². The number of carbonyl (C=O) groups excluding carboxylic acids is 1. The van der Waals surface area contributed by atoms with E-state index < -0.39 is 0 Å². The number of terminal acetylenes is 1. The van der Waals surface area contributed by atoms with Crippen LogP contribution in [0.5, 0.6) is 0 Å². The normalized spacial score (nSPS) is 22.2. The zero-order valence-corrected chi connectivity index (χ0v) is 15.3. The Labute approximate surface area is 149 Å². The van der Waals surface area contributed by atoms with Crippen molar-refractivity contribution in [2.75, 3.05) is 45.8 Å². The highest BCUT2D eigenvalue weighted by Gasteiger charge is 2.31. The number of hydrogen-bond acceptors (Lipinski definition) is 4. The van der Waals surface area contributed by atoms with Crippen molar-refractivity contribution in [2.24, 2.45) is 5.92 Å². The first-order chi connectivity index (χ1) is 11.7. The van der Waals surface area contributed by atoms with E-state index in [1.807, 2.05) is 0 Å². The molecular weight excluding hydrogens is 318 g/mol. The lowest BCUT2D eigenvalue weighted by atomic mass is 9.95. The van der Waals surface area contributed by atoms with Crippen molar-refractivity contribution in [3.05, 3.63) is 22.4 Å². The van der Waals surface area contributed by atoms with Gasteiger partial charge in [0.05, 0.1) is 6.54 Å². The quantitative estimate of drug-likeness (QED) is 0.784. The topological polar surface area (TPSA) is 26.8 Å². The fraction of sp³-hybridized carbons (Fsp3) is 0.632. The van der Waals surface area contributed by atoms with Crippen molar-refractivity contribution in [1.82, 2.24) is 14.7 Å². The molecule has 1 amide bonds. The molecule has 2 saturated heterocycles. The predicted molar refractivity (Wildman–Crippen MR) is 98.9 cm³/mol. The minimum atomic E-state index is 0.194. The second-order valence-electron chi connectivity index (χ2n) is 6.85. The maximum absolute atomic E-state index is 12.8. The number of piperazine rings is 1. The van der Waals surface area contributed by atoms with Crippen LogP contribution < -0.4 is 0 Å². The molecule has 0 radical (unpaired) electrons. The molecule has 5 heteroatoms. The molecule has 0 saturated carbocycles. The molecule has 0 bridgehead atoms. The van der Waals surface area contributed by atoms with Gasteiger partial charge in [0, 0.05) is 38.1 Å². The summed E-state index contributed by atoms with van der Waals surface area (Å²) in [6, 6.07) is 2.65. The van der Waals surface area contributed by atoms with E-state index in [0.717, 1.165) is 52.1 Å². The van der Waals surface area contributed by atoms with Crippen LogP contribution in [0.4, 0.5) is 0 Å². The van der Waals surface area contributed by atoms with Crippen LogP contribution >= 0.6 is 11.3 Å². The Bertz CT molecular complexity index is 564. The largest absolute Gasteiger partial charge is 0.340 e. The number of amides is 1. The first kappa shape index (κ1) is 17.5. The number of nitrogens with zero attached hydrogens (tertiary/aromatic N) is 3. The molecule has 1 aromatic heterocycles. The molecule has 1 atom stereocenters. The first-order valence-electron chi connectivity index (χ1n) is 8.90. The van der Waals surface area contributed by atoms with Gasteiger partial charge < -0.3 is 4.90 Å². The van der Waals surface area contributed by atoms with Crippen LogP contribution in [0.1, 0.15) is 31.4 Å². The van der Waals surface area contributed by atoms with Crippen molar-refractivity contribution in [2.45, 2.75) is 25.8 Å². The third-order valence-corrected chi connectivity index (χ3v) is 6.15. The lowest BCUT2D eigenvalue weighted by molar-refractivity contribution is -0.139. The van der Waals surface area contributed by atoms with Gasteiger partial charge in [-0.1, -0.05) is 5.92 Å². The van der Waals surface area contributed by atoms with Crippen molar-refractivity contribution in [1.29, 1.82) is 0 Å². The van der Waals surface area contributed by atoms with Crippen molar-refractivity contribution >= 4 is 17.2 Å². The molecule has 24 heavy (non-hydrogen) atoms. The number of rotatable bonds is 4. The fourth-order valence-electron chi connectivity index (χ4n) is 3.78. The van der Waals surface area contributed by atoms with E-state index in [2.05, 4.69) is 44.4 Å². The number of piperidine rings is 1. The van der Waals surface area contributed by atoms with Gasteiger partial charge in [-0.25, -0.2) is 0 Å². The van der Waals surface area contributed by atoms with E-state index in [0.29, 0.717) is 18.5 Å². The average Bonchev–Trinajstić information content (AvgIpc) is 3.16. The molecular formula is C19H27N3OS. The summed E-state index contributed by atoms with van der Waals surface area (Å²) in [4.78, 5) is 19.6. The zero-order chi connectivity index (χ0) is 16.9. The third-order valence-electron chi connectivity index (χ3n) is 5.45. The molecule has 0 aliphatic carbocycles. The van der Waals surface area contributed by atoms with Crippen LogP contribution in [0.25, 0.3) is 0 Å². The Hall–Kier alpha value is -1.35. The van der Waals surface area contributed by atoms with E-state index in [4.69, 9.17) is 6.42 Å². The summed E-state index contributed by atoms with van der Waals surface area (Å²) in [6.45, 7) is 8.54. The van der Waals surface area contributed by atoms with Gasteiger partial charge in [-0.15, -0.1) is 6.42 Å². The molecule has 2 aliphatic heterocycles. The molecule has 3 heterocycles. The van der Waals surface area contributed by atoms with Gasteiger partial charge in [0.2, 0.25) is 5.91 Å². The van der Waals surface area contributed by atoms with Crippen molar-refractivity contribution in [3.63, 3.8) is 0 Å². The van der Waals surface area contributed by atoms with Gasteiger partial charge in [0.15, 0.2) is 0 Å². The fourth-order valence-corrected chi connectivity index (χ4v) is 4.53. The van der Waals surface area contributed by atoms with Gasteiger partial charge in [-0.05, 0) is 55.2 Å². The van der Waals surface area contributed by atoms with E-state index in [9.17, 15) is 4.79 Å². The Balaban J connectivity index is 1.46. The lowest BCUT2D eigenvalue weighted by Crippen LogP contribution is -2.52. The van der Waals surface area contributed by atoms with E-state index in [1.54, 1.807) is 11.3 Å². The highest BCUT2D eigenvalue weighted by Crippen LogP contribution is 2.25. The maximum atomic E-state index is 12.8. The summed E-state index contributed by atoms with van der Waals surface area (Å²) in [5.74, 6) is 3.25. The minimum absolute atomic E-state index is 0.194. The molecule has 0 spiro atoms. The molecule has 2 fully saturated rings. The Morgan fingerprint density at radius 3 is 2.58 bits per heavy atom. The molecule has 130 valence electrons. The van der Waals surface area contributed by atoms with Crippen LogP contribution in [0.15, 0.2) is 16.8 Å². The second-order valence-corrected chi connectivity index (χ2v) is 7.63. The standard InChI is InChI=1S/C19H27N3OS/c1-3-7-20-8-4-17(5-9-20)19(23)22-12-10-21(11-13-22)16(2)18-6-14-24-15-18/h1,6,14-17H,4-5,7-13H2,2H3/t16-/m1/s1. The molecule has 1 aromatic rings. The Kier molecular flexibility index (Phi) is 5.94. The highest BCUT2D eigenvalue weighted by atomic mass is 32.1. The van der Waals surface area contributed by atoms with Gasteiger partial charge in [-0.2, -0.15) is 11.3 Å². The summed E-state index contributed by atoms with van der Waals surface area (Å²) in [7, 11) is 0. The maximum Gasteiger partial charge on any atom is 0.225 e. The SMILES string of the molecule is C#CCN1CCC(C(=O)N2CCN([C@H](C)c3ccsc3)CC2)CC1. The van der Waals surface area contributed by atoms with E-state index in [1.165, 1.54) is 5.56 Å². The van der Waals surface area contributed by atoms with Crippen molar-refractivity contribution < 1.29 is 4.79 Å². The van der Waals surface area contributed by atoms with Gasteiger partial charge in [0.1, 0.15) is 0 Å². The molecule has 0 unspecified atom stereocenters. The number of carbonyl (C=O) groups is 1. The lowest BCUT2D eigenvalue weighted by Gasteiger charge is -2.40. The molecule has 4 nitrogen and oxygen atoms in total. The monoisotopic (exact) mass is 345 g/mol. The smallest absolute Gasteiger partial charge is 0.225 e. The van der Waals surface area contributed by atoms with Crippen LogP contribution in [-0.2, 0) is 4.79 Å². The molecule has 0 N–H and O–H groups in total. The molecule has 0 aromatic carbocycles. The minimum Gasteiger partial charge on any atom is -0.340 e. The third kappa shape index (κ3) is 4.00. The van der Waals surface area contributed by atoms with E-state index in [-0.39, 0.29) is 5.92 Å². The second kappa shape index (κ2) is 8.15. The molecule has 2 aliphatic rings. The zero-order valence-electron chi connectivity index (χ0n) is 14.5. The summed E-state index contributed by atoms with van der Waals surface area (Å²) < 4.78 is 0. The van der Waals surface area contributed by atoms with Crippen LogP contribution in [-0.4, -0.2) is 66.4 Å².